The summed E-state index contributed by atoms with van der Waals surface area (Å²) in [6, 6.07) is 5.24. The Labute approximate surface area is 99.9 Å². The van der Waals surface area contributed by atoms with Crippen LogP contribution in [0.4, 0.5) is 0 Å². The smallest absolute Gasteiger partial charge is 0.277 e. The van der Waals surface area contributed by atoms with E-state index in [0.29, 0.717) is 17.1 Å². The van der Waals surface area contributed by atoms with Crippen molar-refractivity contribution < 1.29 is 9.90 Å². The Bertz CT molecular complexity index is 544. The van der Waals surface area contributed by atoms with Crippen LogP contribution in [0.5, 0.6) is 5.75 Å². The van der Waals surface area contributed by atoms with Crippen molar-refractivity contribution in [2.24, 2.45) is 4.99 Å². The van der Waals surface area contributed by atoms with Crippen LogP contribution in [-0.4, -0.2) is 28.8 Å². The second-order valence-corrected chi connectivity index (χ2v) is 4.12. The van der Waals surface area contributed by atoms with Gasteiger partial charge in [-0.05, 0) is 32.1 Å². The van der Waals surface area contributed by atoms with E-state index in [-0.39, 0.29) is 11.7 Å². The van der Waals surface area contributed by atoms with Crippen LogP contribution in [0.1, 0.15) is 18.1 Å². The highest BCUT2D eigenvalue weighted by Gasteiger charge is 2.23. The molecule has 1 N–H and O–H groups in total. The van der Waals surface area contributed by atoms with Gasteiger partial charge in [-0.3, -0.25) is 9.69 Å². The van der Waals surface area contributed by atoms with Crippen LogP contribution in [0.25, 0.3) is 6.08 Å². The molecule has 4 heteroatoms. The Balaban J connectivity index is 2.44. The summed E-state index contributed by atoms with van der Waals surface area (Å²) in [5, 5.41) is 9.70. The number of amides is 1. The predicted molar refractivity (Wildman–Crippen MR) is 66.7 cm³/mol. The average molecular weight is 230 g/mol. The quantitative estimate of drug-likeness (QED) is 0.749. The summed E-state index contributed by atoms with van der Waals surface area (Å²) in [6.45, 7) is 3.70. The summed E-state index contributed by atoms with van der Waals surface area (Å²) in [5.41, 5.74) is 1.99. The molecule has 1 aromatic carbocycles. The Hall–Kier alpha value is -2.10. The topological polar surface area (TPSA) is 52.9 Å². The van der Waals surface area contributed by atoms with Gasteiger partial charge in [0.1, 0.15) is 17.3 Å². The lowest BCUT2D eigenvalue weighted by Crippen LogP contribution is -2.25. The van der Waals surface area contributed by atoms with Gasteiger partial charge in [-0.1, -0.05) is 11.6 Å². The third-order valence-corrected chi connectivity index (χ3v) is 2.77. The first-order valence-electron chi connectivity index (χ1n) is 5.33. The van der Waals surface area contributed by atoms with Crippen molar-refractivity contribution in [3.63, 3.8) is 0 Å². The van der Waals surface area contributed by atoms with Crippen molar-refractivity contribution in [1.29, 1.82) is 0 Å². The highest BCUT2D eigenvalue weighted by atomic mass is 16.3. The standard InChI is InChI=1S/C13H14N2O2/c1-8-4-5-12(16)10(6-8)7-11-13(17)15(3)9(2)14-11/h4-7,16H,1-3H3/b11-7-. The van der Waals surface area contributed by atoms with Crippen molar-refractivity contribution in [2.75, 3.05) is 7.05 Å². The number of benzene rings is 1. The zero-order valence-electron chi connectivity index (χ0n) is 10.1. The van der Waals surface area contributed by atoms with Gasteiger partial charge in [0, 0.05) is 12.6 Å². The molecule has 4 nitrogen and oxygen atoms in total. The number of hydrogen-bond acceptors (Lipinski definition) is 3. The predicted octanol–water partition coefficient (Wildman–Crippen LogP) is 1.93. The number of aromatic hydroxyl groups is 1. The normalized spacial score (nSPS) is 17.8. The fourth-order valence-corrected chi connectivity index (χ4v) is 1.65. The first-order chi connectivity index (χ1) is 7.99. The maximum atomic E-state index is 11.8. The molecule has 0 aromatic heterocycles. The van der Waals surface area contributed by atoms with E-state index in [2.05, 4.69) is 4.99 Å². The van der Waals surface area contributed by atoms with E-state index >= 15 is 0 Å². The number of likely N-dealkylation sites (N-methyl/N-ethyl adjacent to an activating group) is 1. The Kier molecular flexibility index (Phi) is 2.71. The molecule has 1 heterocycles. The lowest BCUT2D eigenvalue weighted by molar-refractivity contribution is -0.121. The number of aliphatic imine (C=N–C) groups is 1. The second-order valence-electron chi connectivity index (χ2n) is 4.12. The van der Waals surface area contributed by atoms with Gasteiger partial charge in [0.05, 0.1) is 0 Å². The monoisotopic (exact) mass is 230 g/mol. The van der Waals surface area contributed by atoms with Crippen molar-refractivity contribution in [3.05, 3.63) is 35.0 Å². The molecule has 0 radical (unpaired) electrons. The zero-order chi connectivity index (χ0) is 12.6. The Morgan fingerprint density at radius 3 is 2.65 bits per heavy atom. The molecular weight excluding hydrogens is 216 g/mol. The van der Waals surface area contributed by atoms with Crippen LogP contribution in [-0.2, 0) is 4.79 Å². The van der Waals surface area contributed by atoms with Crippen LogP contribution in [0, 0.1) is 6.92 Å². The molecule has 1 amide bonds. The molecule has 0 bridgehead atoms. The van der Waals surface area contributed by atoms with E-state index < -0.39 is 0 Å². The molecule has 0 saturated carbocycles. The van der Waals surface area contributed by atoms with Gasteiger partial charge >= 0.3 is 0 Å². The van der Waals surface area contributed by atoms with Gasteiger partial charge in [-0.2, -0.15) is 0 Å². The first kappa shape index (κ1) is 11.4. The molecule has 88 valence electrons. The number of carbonyl (C=O) groups excluding carboxylic acids is 1. The van der Waals surface area contributed by atoms with Crippen molar-refractivity contribution in [1.82, 2.24) is 4.90 Å². The van der Waals surface area contributed by atoms with Crippen LogP contribution >= 0.6 is 0 Å². The van der Waals surface area contributed by atoms with Gasteiger partial charge in [0.15, 0.2) is 0 Å². The molecule has 0 saturated heterocycles. The Morgan fingerprint density at radius 1 is 1.35 bits per heavy atom. The molecular formula is C13H14N2O2. The number of hydrogen-bond donors (Lipinski definition) is 1. The van der Waals surface area contributed by atoms with Crippen molar-refractivity contribution in [2.45, 2.75) is 13.8 Å². The van der Waals surface area contributed by atoms with Crippen LogP contribution in [0.2, 0.25) is 0 Å². The molecule has 0 spiro atoms. The highest BCUT2D eigenvalue weighted by Crippen LogP contribution is 2.23. The lowest BCUT2D eigenvalue weighted by Gasteiger charge is -2.06. The molecule has 1 aromatic rings. The summed E-state index contributed by atoms with van der Waals surface area (Å²) < 4.78 is 0. The number of aryl methyl sites for hydroxylation is 1. The molecule has 1 aliphatic rings. The fraction of sp³-hybridized carbons (Fsp3) is 0.231. The molecule has 0 aliphatic carbocycles. The number of carbonyl (C=O) groups is 1. The third-order valence-electron chi connectivity index (χ3n) is 2.77. The number of phenols is 1. The van der Waals surface area contributed by atoms with Gasteiger partial charge in [0.2, 0.25) is 0 Å². The summed E-state index contributed by atoms with van der Waals surface area (Å²) >= 11 is 0. The molecule has 0 atom stereocenters. The minimum Gasteiger partial charge on any atom is -0.507 e. The fourth-order valence-electron chi connectivity index (χ4n) is 1.65. The highest BCUT2D eigenvalue weighted by molar-refractivity contribution is 6.13. The number of nitrogens with zero attached hydrogens (tertiary/aromatic N) is 2. The van der Waals surface area contributed by atoms with E-state index in [1.807, 2.05) is 19.1 Å². The number of rotatable bonds is 1. The van der Waals surface area contributed by atoms with Crippen LogP contribution in [0.15, 0.2) is 28.9 Å². The van der Waals surface area contributed by atoms with E-state index in [1.165, 1.54) is 4.90 Å². The molecule has 0 unspecified atom stereocenters. The summed E-state index contributed by atoms with van der Waals surface area (Å²) in [4.78, 5) is 17.4. The first-order valence-corrected chi connectivity index (χ1v) is 5.33. The largest absolute Gasteiger partial charge is 0.507 e. The number of amidine groups is 1. The summed E-state index contributed by atoms with van der Waals surface area (Å²) in [7, 11) is 1.68. The van der Waals surface area contributed by atoms with Gasteiger partial charge in [0.25, 0.3) is 5.91 Å². The third kappa shape index (κ3) is 2.06. The Morgan fingerprint density at radius 2 is 2.06 bits per heavy atom. The lowest BCUT2D eigenvalue weighted by atomic mass is 10.1. The summed E-state index contributed by atoms with van der Waals surface area (Å²) in [6.07, 6.45) is 1.61. The SMILES string of the molecule is CC1=N/C(=C\c2cc(C)ccc2O)C(=O)N1C. The number of phenolic OH excluding ortho intramolecular Hbond substituents is 1. The van der Waals surface area contributed by atoms with E-state index in [1.54, 1.807) is 26.1 Å². The molecule has 1 aliphatic heterocycles. The molecule has 17 heavy (non-hydrogen) atoms. The second kappa shape index (κ2) is 4.05. The van der Waals surface area contributed by atoms with Gasteiger partial charge in [-0.25, -0.2) is 4.99 Å². The van der Waals surface area contributed by atoms with Crippen molar-refractivity contribution in [3.8, 4) is 5.75 Å². The molecule has 0 fully saturated rings. The average Bonchev–Trinajstić information content (AvgIpc) is 2.52. The van der Waals surface area contributed by atoms with Crippen molar-refractivity contribution >= 4 is 17.8 Å². The van der Waals surface area contributed by atoms with Gasteiger partial charge in [-0.15, -0.1) is 0 Å². The van der Waals surface area contributed by atoms with E-state index in [0.717, 1.165) is 5.56 Å². The maximum absolute atomic E-state index is 11.8. The minimum absolute atomic E-state index is 0.150. The van der Waals surface area contributed by atoms with Gasteiger partial charge < -0.3 is 5.11 Å². The maximum Gasteiger partial charge on any atom is 0.277 e. The van der Waals surface area contributed by atoms with E-state index in [4.69, 9.17) is 0 Å². The van der Waals surface area contributed by atoms with E-state index in [9.17, 15) is 9.90 Å². The minimum atomic E-state index is -0.150. The zero-order valence-corrected chi connectivity index (χ0v) is 10.1. The summed E-state index contributed by atoms with van der Waals surface area (Å²) in [5.74, 6) is 0.662. The molecule has 2 rings (SSSR count). The van der Waals surface area contributed by atoms with Crippen LogP contribution in [0.3, 0.4) is 0 Å². The van der Waals surface area contributed by atoms with Crippen LogP contribution < -0.4 is 0 Å².